The molecule has 9 aromatic rings. The number of aromatic nitrogens is 3. The molecule has 0 aliphatic rings. The molecule has 2 aromatic heterocycles. The van der Waals surface area contributed by atoms with Gasteiger partial charge in [0.05, 0.1) is 0 Å². The summed E-state index contributed by atoms with van der Waals surface area (Å²) in [5.74, 6) is 1.89. The maximum absolute atomic E-state index is 6.77. The lowest BCUT2D eigenvalue weighted by molar-refractivity contribution is 0.675. The Morgan fingerprint density at radius 3 is 1.27 bits per heavy atom. The van der Waals surface area contributed by atoms with Crippen LogP contribution in [-0.4, -0.2) is 69.9 Å². The molecule has 0 atom stereocenters. The van der Waals surface area contributed by atoms with Crippen molar-refractivity contribution in [3.63, 3.8) is 0 Å². The summed E-state index contributed by atoms with van der Waals surface area (Å²) in [5.41, 5.74) is 20.5. The van der Waals surface area contributed by atoms with Gasteiger partial charge in [-0.05, 0) is 39.4 Å². The second-order valence-electron chi connectivity index (χ2n) is 15.0. The number of furan rings is 1. The standard InChI is InChI=1S/C45H36B7N3O/c46-34-31(32-33-35(47)36(48)38(50)40(52)42(33)56-41(32)39(51)37(34)49)26-16-20-28(21-17-26)44-53-43(27-18-14-25(15-19-27)23-8-3-1-4-9-23)54-45(55-44)30-13-7-12-29(22-30)24-10-5-2-6-11-24/h1-22H,46-52H2. The zero-order valence-corrected chi connectivity index (χ0v) is 33.0. The van der Waals surface area contributed by atoms with Crippen molar-refractivity contribution in [2.45, 2.75) is 0 Å². The summed E-state index contributed by atoms with van der Waals surface area (Å²) >= 11 is 0. The molecule has 0 unspecified atom stereocenters. The summed E-state index contributed by atoms with van der Waals surface area (Å²) < 4.78 is 6.77. The van der Waals surface area contributed by atoms with E-state index < -0.39 is 0 Å². The van der Waals surface area contributed by atoms with Crippen LogP contribution in [-0.2, 0) is 0 Å². The Morgan fingerprint density at radius 1 is 0.304 bits per heavy atom. The molecule has 7 aromatic carbocycles. The molecule has 258 valence electrons. The fourth-order valence-corrected chi connectivity index (χ4v) is 8.12. The van der Waals surface area contributed by atoms with Crippen molar-refractivity contribution < 1.29 is 4.42 Å². The van der Waals surface area contributed by atoms with Gasteiger partial charge in [-0.1, -0.05) is 160 Å². The van der Waals surface area contributed by atoms with Gasteiger partial charge in [-0.2, -0.15) is 0 Å². The molecule has 56 heavy (non-hydrogen) atoms. The van der Waals surface area contributed by atoms with Crippen LogP contribution in [0.3, 0.4) is 0 Å². The predicted molar refractivity (Wildman–Crippen MR) is 257 cm³/mol. The van der Waals surface area contributed by atoms with Crippen LogP contribution in [0.25, 0.3) is 89.5 Å². The van der Waals surface area contributed by atoms with Crippen LogP contribution >= 0.6 is 0 Å². The maximum atomic E-state index is 6.77. The summed E-state index contributed by atoms with van der Waals surface area (Å²) in [5, 5.41) is 2.41. The third-order valence-electron chi connectivity index (χ3n) is 11.9. The Labute approximate surface area is 334 Å². The second-order valence-corrected chi connectivity index (χ2v) is 15.0. The van der Waals surface area contributed by atoms with E-state index in [2.05, 4.69) is 176 Å². The van der Waals surface area contributed by atoms with Gasteiger partial charge in [0.2, 0.25) is 0 Å². The van der Waals surface area contributed by atoms with Crippen LogP contribution in [0, 0.1) is 0 Å². The Kier molecular flexibility index (Phi) is 8.97. The van der Waals surface area contributed by atoms with Gasteiger partial charge in [0, 0.05) is 27.5 Å². The van der Waals surface area contributed by atoms with Crippen molar-refractivity contribution in [3.8, 4) is 67.5 Å². The molecule has 9 rings (SSSR count). The minimum absolute atomic E-state index is 0.627. The molecule has 0 aliphatic carbocycles. The molecule has 4 nitrogen and oxygen atoms in total. The summed E-state index contributed by atoms with van der Waals surface area (Å²) in [6.45, 7) is 0. The minimum atomic E-state index is 0.627. The van der Waals surface area contributed by atoms with E-state index in [0.717, 1.165) is 50.1 Å². The molecule has 0 saturated carbocycles. The number of hydrogen-bond acceptors (Lipinski definition) is 4. The van der Waals surface area contributed by atoms with Crippen molar-refractivity contribution in [1.29, 1.82) is 0 Å². The van der Waals surface area contributed by atoms with E-state index in [1.807, 2.05) is 12.1 Å². The van der Waals surface area contributed by atoms with Crippen LogP contribution < -0.4 is 38.2 Å². The lowest BCUT2D eigenvalue weighted by Gasteiger charge is -2.16. The quantitative estimate of drug-likeness (QED) is 0.221. The number of benzene rings is 7. The van der Waals surface area contributed by atoms with Crippen molar-refractivity contribution in [3.05, 3.63) is 133 Å². The first-order valence-electron chi connectivity index (χ1n) is 19.3. The lowest BCUT2D eigenvalue weighted by Crippen LogP contribution is -2.47. The van der Waals surface area contributed by atoms with E-state index in [-0.39, 0.29) is 0 Å². The molecule has 0 fully saturated rings. The molecule has 0 radical (unpaired) electrons. The van der Waals surface area contributed by atoms with Crippen molar-refractivity contribution in [2.24, 2.45) is 0 Å². The lowest BCUT2D eigenvalue weighted by atomic mass is 9.64. The third-order valence-corrected chi connectivity index (χ3v) is 11.9. The van der Waals surface area contributed by atoms with Crippen LogP contribution in [0.5, 0.6) is 0 Å². The second kappa shape index (κ2) is 14.1. The van der Waals surface area contributed by atoms with E-state index >= 15 is 0 Å². The average Bonchev–Trinajstić information content (AvgIpc) is 3.65. The highest BCUT2D eigenvalue weighted by Crippen LogP contribution is 2.34. The zero-order valence-electron chi connectivity index (χ0n) is 33.0. The molecule has 2 heterocycles. The van der Waals surface area contributed by atoms with Crippen LogP contribution in [0.15, 0.2) is 138 Å². The van der Waals surface area contributed by atoms with Crippen LogP contribution in [0.4, 0.5) is 0 Å². The van der Waals surface area contributed by atoms with Gasteiger partial charge in [0.1, 0.15) is 66.1 Å². The molecular weight excluding hydrogens is 674 g/mol. The van der Waals surface area contributed by atoms with Gasteiger partial charge in [0.15, 0.2) is 17.5 Å². The van der Waals surface area contributed by atoms with Crippen LogP contribution in [0.2, 0.25) is 0 Å². The van der Waals surface area contributed by atoms with Gasteiger partial charge < -0.3 is 4.42 Å². The van der Waals surface area contributed by atoms with E-state index in [1.54, 1.807) is 0 Å². The number of rotatable bonds is 6. The predicted octanol–water partition coefficient (Wildman–Crippen LogP) is -0.418. The average molecular weight is 710 g/mol. The van der Waals surface area contributed by atoms with E-state index in [4.69, 9.17) is 19.4 Å². The molecule has 0 saturated heterocycles. The Bertz CT molecular complexity index is 2970. The molecule has 0 spiro atoms. The normalized spacial score (nSPS) is 11.4. The first kappa shape index (κ1) is 35.5. The molecular formula is C45H36B7N3O. The van der Waals surface area contributed by atoms with Gasteiger partial charge in [-0.15, -0.1) is 5.46 Å². The number of hydrogen-bond donors (Lipinski definition) is 0. The van der Waals surface area contributed by atoms with Gasteiger partial charge in [0.25, 0.3) is 0 Å². The minimum Gasteiger partial charge on any atom is -0.457 e. The van der Waals surface area contributed by atoms with Crippen molar-refractivity contribution in [2.75, 3.05) is 0 Å². The monoisotopic (exact) mass is 711 g/mol. The highest BCUT2D eigenvalue weighted by atomic mass is 16.3. The molecule has 0 bridgehead atoms. The fraction of sp³-hybridized carbons (Fsp3) is 0. The smallest absolute Gasteiger partial charge is 0.164 e. The number of fused-ring (bicyclic) bond motifs is 3. The first-order chi connectivity index (χ1) is 27.2. The van der Waals surface area contributed by atoms with E-state index in [9.17, 15) is 0 Å². The molecule has 0 N–H and O–H groups in total. The Balaban J connectivity index is 1.19. The maximum Gasteiger partial charge on any atom is 0.164 e. The zero-order chi connectivity index (χ0) is 38.7. The van der Waals surface area contributed by atoms with Crippen LogP contribution in [0.1, 0.15) is 0 Å². The molecule has 0 aliphatic heterocycles. The van der Waals surface area contributed by atoms with E-state index in [1.165, 1.54) is 60.1 Å². The number of nitrogens with zero attached hydrogens (tertiary/aromatic N) is 3. The van der Waals surface area contributed by atoms with Gasteiger partial charge in [-0.3, -0.25) is 0 Å². The highest BCUT2D eigenvalue weighted by Gasteiger charge is 2.23. The van der Waals surface area contributed by atoms with Crippen molar-refractivity contribution in [1.82, 2.24) is 15.0 Å². The summed E-state index contributed by atoms with van der Waals surface area (Å²) in [6.07, 6.45) is 0. The fourth-order valence-electron chi connectivity index (χ4n) is 8.12. The highest BCUT2D eigenvalue weighted by molar-refractivity contribution is 6.68. The first-order valence-corrected chi connectivity index (χ1v) is 19.3. The Morgan fingerprint density at radius 2 is 0.696 bits per heavy atom. The summed E-state index contributed by atoms with van der Waals surface area (Å²) in [7, 11) is 15.5. The van der Waals surface area contributed by atoms with Crippen molar-refractivity contribution >= 4 is 115 Å². The Hall–Kier alpha value is -6.20. The topological polar surface area (TPSA) is 51.8 Å². The van der Waals surface area contributed by atoms with Gasteiger partial charge >= 0.3 is 0 Å². The third kappa shape index (κ3) is 6.03. The molecule has 0 amide bonds. The largest absolute Gasteiger partial charge is 0.457 e. The molecule has 11 heteroatoms. The van der Waals surface area contributed by atoms with E-state index in [0.29, 0.717) is 17.5 Å². The van der Waals surface area contributed by atoms with Gasteiger partial charge in [-0.25, -0.2) is 15.0 Å². The summed E-state index contributed by atoms with van der Waals surface area (Å²) in [6, 6.07) is 46.5. The SMILES string of the molecule is Bc1c(B)c(B)c2c(oc3c(B)c(B)c(B)c(-c4ccc(-c5nc(-c6ccc(-c7ccccc7)cc6)nc(-c6cccc(-c7ccccc7)c6)n5)cc4)c32)c1B. The summed E-state index contributed by atoms with van der Waals surface area (Å²) in [4.78, 5) is 15.3.